The molecule has 11 heteroatoms. The van der Waals surface area contributed by atoms with Crippen LogP contribution in [-0.2, 0) is 22.6 Å². The standard InChI is InChI=1S/C29H28F3N3O4S/c1-2-40(38,39)23-12-7-19(8-13-23)26(17-36)33-28(37)21-9-14-24-25(15-21)34-35(27(24)20-5-6-20)16-18-3-10-22(11-4-18)29(30,31)32/h3-4,7-15,20,26,36H,2,5-6,16-17H2,1H3,(H,33,37)/t26-/m0/s1. The lowest BCUT2D eigenvalue weighted by atomic mass is 10.1. The van der Waals surface area contributed by atoms with Gasteiger partial charge in [-0.05, 0) is 60.4 Å². The van der Waals surface area contributed by atoms with Crippen LogP contribution < -0.4 is 5.32 Å². The van der Waals surface area contributed by atoms with Crippen LogP contribution >= 0.6 is 0 Å². The molecule has 0 saturated heterocycles. The van der Waals surface area contributed by atoms with Gasteiger partial charge in [0.1, 0.15) is 0 Å². The van der Waals surface area contributed by atoms with Gasteiger partial charge in [-0.25, -0.2) is 8.42 Å². The molecule has 1 fully saturated rings. The Morgan fingerprint density at radius 3 is 2.33 bits per heavy atom. The molecule has 4 aromatic rings. The highest BCUT2D eigenvalue weighted by Crippen LogP contribution is 2.43. The molecule has 40 heavy (non-hydrogen) atoms. The van der Waals surface area contributed by atoms with Crippen molar-refractivity contribution in [2.75, 3.05) is 12.4 Å². The molecule has 0 radical (unpaired) electrons. The largest absolute Gasteiger partial charge is 0.416 e. The first-order valence-corrected chi connectivity index (χ1v) is 14.6. The van der Waals surface area contributed by atoms with Gasteiger partial charge in [-0.1, -0.05) is 37.3 Å². The molecule has 1 aliphatic rings. The molecular weight excluding hydrogens is 543 g/mol. The third-order valence-corrected chi connectivity index (χ3v) is 8.88. The van der Waals surface area contributed by atoms with Crippen LogP contribution in [0.1, 0.15) is 64.5 Å². The van der Waals surface area contributed by atoms with Crippen molar-refractivity contribution >= 4 is 26.6 Å². The lowest BCUT2D eigenvalue weighted by molar-refractivity contribution is -0.137. The second kappa shape index (κ2) is 10.7. The fourth-order valence-corrected chi connectivity index (χ4v) is 5.61. The summed E-state index contributed by atoms with van der Waals surface area (Å²) in [6.45, 7) is 1.47. The van der Waals surface area contributed by atoms with Crippen LogP contribution in [0.4, 0.5) is 13.2 Å². The Hall–Kier alpha value is -3.70. The average molecular weight is 572 g/mol. The molecule has 1 aromatic heterocycles. The third kappa shape index (κ3) is 5.75. The number of nitrogens with one attached hydrogen (secondary N) is 1. The topological polar surface area (TPSA) is 101 Å². The molecule has 1 atom stereocenters. The number of aliphatic hydroxyl groups excluding tert-OH is 1. The zero-order valence-corrected chi connectivity index (χ0v) is 22.5. The molecule has 210 valence electrons. The SMILES string of the molecule is CCS(=O)(=O)c1ccc([C@H](CO)NC(=O)c2ccc3c(C4CC4)n(Cc4ccc(C(F)(F)F)cc4)nc3c2)cc1. The summed E-state index contributed by atoms with van der Waals surface area (Å²) in [4.78, 5) is 13.3. The predicted octanol–water partition coefficient (Wildman–Crippen LogP) is 5.24. The fraction of sp³-hybridized carbons (Fsp3) is 0.310. The number of hydrogen-bond donors (Lipinski definition) is 2. The van der Waals surface area contributed by atoms with E-state index in [1.807, 2.05) is 6.07 Å². The van der Waals surface area contributed by atoms with Gasteiger partial charge in [0.2, 0.25) is 0 Å². The number of aromatic nitrogens is 2. The summed E-state index contributed by atoms with van der Waals surface area (Å²) in [5, 5.41) is 18.3. The van der Waals surface area contributed by atoms with Gasteiger partial charge in [0, 0.05) is 22.6 Å². The van der Waals surface area contributed by atoms with Gasteiger partial charge in [0.25, 0.3) is 5.91 Å². The highest BCUT2D eigenvalue weighted by Gasteiger charge is 2.31. The molecular formula is C29H28F3N3O4S. The maximum absolute atomic E-state index is 13.1. The van der Waals surface area contributed by atoms with Crippen LogP contribution in [0.5, 0.6) is 0 Å². The molecule has 3 aromatic carbocycles. The molecule has 0 bridgehead atoms. The number of halogens is 3. The Kier molecular flexibility index (Phi) is 7.45. The van der Waals surface area contributed by atoms with Crippen LogP contribution in [-0.4, -0.2) is 41.6 Å². The maximum Gasteiger partial charge on any atom is 0.416 e. The minimum Gasteiger partial charge on any atom is -0.394 e. The van der Waals surface area contributed by atoms with E-state index in [9.17, 15) is 31.5 Å². The van der Waals surface area contributed by atoms with Crippen molar-refractivity contribution in [3.8, 4) is 0 Å². The second-order valence-corrected chi connectivity index (χ2v) is 12.2. The number of fused-ring (bicyclic) bond motifs is 1. The minimum absolute atomic E-state index is 0.0302. The summed E-state index contributed by atoms with van der Waals surface area (Å²) in [5.41, 5.74) is 2.46. The molecule has 2 N–H and O–H groups in total. The normalized spacial score (nSPS) is 14.8. The summed E-state index contributed by atoms with van der Waals surface area (Å²) in [5.74, 6) is -0.161. The number of carbonyl (C=O) groups is 1. The summed E-state index contributed by atoms with van der Waals surface area (Å²) >= 11 is 0. The lowest BCUT2D eigenvalue weighted by Crippen LogP contribution is -2.30. The van der Waals surface area contributed by atoms with Crippen LogP contribution in [0.15, 0.2) is 71.6 Å². The molecule has 1 aliphatic carbocycles. The summed E-state index contributed by atoms with van der Waals surface area (Å²) < 4.78 is 64.8. The molecule has 1 heterocycles. The van der Waals surface area contributed by atoms with Crippen molar-refractivity contribution in [1.29, 1.82) is 0 Å². The maximum atomic E-state index is 13.1. The number of alkyl halides is 3. The number of amides is 1. The van der Waals surface area contributed by atoms with E-state index in [0.717, 1.165) is 36.1 Å². The number of sulfone groups is 1. The van der Waals surface area contributed by atoms with E-state index < -0.39 is 33.5 Å². The number of hydrogen-bond acceptors (Lipinski definition) is 5. The lowest BCUT2D eigenvalue weighted by Gasteiger charge is -2.17. The molecule has 0 aliphatic heterocycles. The zero-order chi connectivity index (χ0) is 28.7. The average Bonchev–Trinajstić information content (AvgIpc) is 3.71. The van der Waals surface area contributed by atoms with Gasteiger partial charge in [0.05, 0.1) is 40.9 Å². The van der Waals surface area contributed by atoms with E-state index in [0.29, 0.717) is 34.7 Å². The Morgan fingerprint density at radius 1 is 1.07 bits per heavy atom. The zero-order valence-electron chi connectivity index (χ0n) is 21.6. The van der Waals surface area contributed by atoms with E-state index in [1.165, 1.54) is 24.3 Å². The Bertz CT molecular complexity index is 1640. The van der Waals surface area contributed by atoms with E-state index >= 15 is 0 Å². The van der Waals surface area contributed by atoms with Crippen molar-refractivity contribution in [2.45, 2.75) is 49.3 Å². The van der Waals surface area contributed by atoms with Gasteiger partial charge in [-0.2, -0.15) is 18.3 Å². The van der Waals surface area contributed by atoms with Gasteiger partial charge < -0.3 is 10.4 Å². The first kappa shape index (κ1) is 27.9. The highest BCUT2D eigenvalue weighted by atomic mass is 32.2. The van der Waals surface area contributed by atoms with Crippen LogP contribution in [0.2, 0.25) is 0 Å². The second-order valence-electron chi connectivity index (χ2n) is 9.92. The quantitative estimate of drug-likeness (QED) is 0.286. The van der Waals surface area contributed by atoms with Crippen molar-refractivity contribution in [3.05, 3.63) is 94.7 Å². The smallest absolute Gasteiger partial charge is 0.394 e. The van der Waals surface area contributed by atoms with E-state index in [4.69, 9.17) is 0 Å². The van der Waals surface area contributed by atoms with E-state index in [2.05, 4.69) is 10.4 Å². The predicted molar refractivity (Wildman–Crippen MR) is 144 cm³/mol. The van der Waals surface area contributed by atoms with Crippen molar-refractivity contribution < 1.29 is 31.5 Å². The summed E-state index contributed by atoms with van der Waals surface area (Å²) in [6.07, 6.45) is -2.41. The number of benzene rings is 3. The molecule has 0 unspecified atom stereocenters. The first-order valence-electron chi connectivity index (χ1n) is 12.9. The van der Waals surface area contributed by atoms with E-state index in [1.54, 1.807) is 35.9 Å². The Balaban J connectivity index is 1.37. The van der Waals surface area contributed by atoms with Gasteiger partial charge >= 0.3 is 6.18 Å². The molecule has 7 nitrogen and oxygen atoms in total. The minimum atomic E-state index is -4.40. The first-order chi connectivity index (χ1) is 19.0. The van der Waals surface area contributed by atoms with Gasteiger partial charge in [0.15, 0.2) is 9.84 Å². The van der Waals surface area contributed by atoms with Crippen molar-refractivity contribution in [2.24, 2.45) is 0 Å². The van der Waals surface area contributed by atoms with Crippen LogP contribution in [0, 0.1) is 0 Å². The van der Waals surface area contributed by atoms with Gasteiger partial charge in [-0.3, -0.25) is 9.48 Å². The third-order valence-electron chi connectivity index (χ3n) is 7.13. The number of carbonyl (C=O) groups excluding carboxylic acids is 1. The summed E-state index contributed by atoms with van der Waals surface area (Å²) in [6, 6.07) is 15.5. The number of nitrogens with zero attached hydrogens (tertiary/aromatic N) is 2. The monoisotopic (exact) mass is 571 g/mol. The van der Waals surface area contributed by atoms with Crippen molar-refractivity contribution in [3.63, 3.8) is 0 Å². The Morgan fingerprint density at radius 2 is 1.75 bits per heavy atom. The molecule has 1 amide bonds. The molecule has 5 rings (SSSR count). The number of aliphatic hydroxyl groups is 1. The Labute approximate surface area is 229 Å². The van der Waals surface area contributed by atoms with Crippen molar-refractivity contribution in [1.82, 2.24) is 15.1 Å². The summed E-state index contributed by atoms with van der Waals surface area (Å²) in [7, 11) is -3.37. The fourth-order valence-electron chi connectivity index (χ4n) is 4.73. The van der Waals surface area contributed by atoms with Crippen LogP contribution in [0.25, 0.3) is 10.9 Å². The van der Waals surface area contributed by atoms with Crippen LogP contribution in [0.3, 0.4) is 0 Å². The molecule has 1 saturated carbocycles. The molecule has 0 spiro atoms. The highest BCUT2D eigenvalue weighted by molar-refractivity contribution is 7.91. The van der Waals surface area contributed by atoms with E-state index in [-0.39, 0.29) is 17.3 Å². The van der Waals surface area contributed by atoms with Gasteiger partial charge in [-0.15, -0.1) is 0 Å². The number of rotatable bonds is 9.